The van der Waals surface area contributed by atoms with Crippen LogP contribution in [0, 0.1) is 11.8 Å². The van der Waals surface area contributed by atoms with Crippen molar-refractivity contribution in [1.82, 2.24) is 5.32 Å². The molecule has 1 aliphatic carbocycles. The Morgan fingerprint density at radius 3 is 3.00 bits per heavy atom. The zero-order valence-corrected chi connectivity index (χ0v) is 10.6. The summed E-state index contributed by atoms with van der Waals surface area (Å²) in [5, 5.41) is 12.9. The van der Waals surface area contributed by atoms with Gasteiger partial charge in [0.2, 0.25) is 5.91 Å². The number of ether oxygens (including phenoxy) is 1. The fourth-order valence-electron chi connectivity index (χ4n) is 2.80. The van der Waals surface area contributed by atoms with Crippen molar-refractivity contribution in [3.63, 3.8) is 0 Å². The van der Waals surface area contributed by atoms with Crippen LogP contribution in [0.5, 0.6) is 0 Å². The maximum Gasteiger partial charge on any atom is 0.223 e. The van der Waals surface area contributed by atoms with Crippen molar-refractivity contribution in [1.29, 1.82) is 0 Å². The zero-order valence-electron chi connectivity index (χ0n) is 10.6. The maximum absolute atomic E-state index is 12.0. The van der Waals surface area contributed by atoms with E-state index in [2.05, 4.69) is 12.2 Å². The maximum atomic E-state index is 12.0. The molecule has 2 fully saturated rings. The first-order chi connectivity index (χ1) is 8.09. The minimum Gasteiger partial charge on any atom is -0.386 e. The van der Waals surface area contributed by atoms with Gasteiger partial charge in [-0.05, 0) is 18.8 Å². The van der Waals surface area contributed by atoms with Gasteiger partial charge in [0.15, 0.2) is 0 Å². The van der Waals surface area contributed by atoms with E-state index < -0.39 is 5.60 Å². The summed E-state index contributed by atoms with van der Waals surface area (Å²) in [6.45, 7) is 3.47. The Morgan fingerprint density at radius 2 is 2.35 bits per heavy atom. The molecule has 98 valence electrons. The molecule has 2 rings (SSSR count). The summed E-state index contributed by atoms with van der Waals surface area (Å²) in [4.78, 5) is 12.0. The molecule has 3 unspecified atom stereocenters. The summed E-state index contributed by atoms with van der Waals surface area (Å²) in [5.41, 5.74) is -0.837. The van der Waals surface area contributed by atoms with Crippen molar-refractivity contribution in [2.24, 2.45) is 11.8 Å². The van der Waals surface area contributed by atoms with Gasteiger partial charge in [-0.2, -0.15) is 0 Å². The smallest absolute Gasteiger partial charge is 0.223 e. The van der Waals surface area contributed by atoms with Crippen LogP contribution in [0.4, 0.5) is 0 Å². The normalized spacial score (nSPS) is 38.0. The van der Waals surface area contributed by atoms with E-state index in [0.717, 1.165) is 19.3 Å². The van der Waals surface area contributed by atoms with Gasteiger partial charge in [0.1, 0.15) is 5.60 Å². The molecule has 3 atom stereocenters. The number of nitrogens with one attached hydrogen (secondary N) is 1. The molecule has 1 saturated heterocycles. The molecule has 0 aromatic heterocycles. The van der Waals surface area contributed by atoms with Crippen molar-refractivity contribution in [2.45, 2.75) is 44.6 Å². The molecular formula is C13H23NO3. The van der Waals surface area contributed by atoms with Gasteiger partial charge in [-0.3, -0.25) is 4.79 Å². The topological polar surface area (TPSA) is 58.6 Å². The van der Waals surface area contributed by atoms with Gasteiger partial charge in [-0.15, -0.1) is 0 Å². The van der Waals surface area contributed by atoms with E-state index in [1.165, 1.54) is 6.42 Å². The van der Waals surface area contributed by atoms with Crippen LogP contribution in [0.2, 0.25) is 0 Å². The van der Waals surface area contributed by atoms with Crippen LogP contribution in [0.25, 0.3) is 0 Å². The second-order valence-corrected chi connectivity index (χ2v) is 5.71. The van der Waals surface area contributed by atoms with E-state index in [1.807, 2.05) is 0 Å². The van der Waals surface area contributed by atoms with E-state index in [4.69, 9.17) is 4.74 Å². The third-order valence-electron chi connectivity index (χ3n) is 3.98. The largest absolute Gasteiger partial charge is 0.386 e. The lowest BCUT2D eigenvalue weighted by molar-refractivity contribution is -0.127. The molecule has 17 heavy (non-hydrogen) atoms. The van der Waals surface area contributed by atoms with Gasteiger partial charge in [0.25, 0.3) is 0 Å². The Hall–Kier alpha value is -0.610. The van der Waals surface area contributed by atoms with Crippen molar-refractivity contribution in [3.8, 4) is 0 Å². The number of amides is 1. The molecule has 1 amide bonds. The SMILES string of the molecule is CC1CCCC(C(=O)NCC2(O)CCOC2)C1. The summed E-state index contributed by atoms with van der Waals surface area (Å²) in [6.07, 6.45) is 4.98. The van der Waals surface area contributed by atoms with Crippen LogP contribution in [-0.2, 0) is 9.53 Å². The van der Waals surface area contributed by atoms with Crippen molar-refractivity contribution < 1.29 is 14.6 Å². The third kappa shape index (κ3) is 3.42. The number of carbonyl (C=O) groups is 1. The first-order valence-corrected chi connectivity index (χ1v) is 6.67. The van der Waals surface area contributed by atoms with Crippen LogP contribution in [0.3, 0.4) is 0 Å². The highest BCUT2D eigenvalue weighted by Crippen LogP contribution is 2.28. The predicted octanol–water partition coefficient (Wildman–Crippen LogP) is 1.08. The van der Waals surface area contributed by atoms with E-state index in [1.54, 1.807) is 0 Å². The number of hydrogen-bond acceptors (Lipinski definition) is 3. The molecule has 0 spiro atoms. The number of rotatable bonds is 3. The molecule has 2 N–H and O–H groups in total. The van der Waals surface area contributed by atoms with Crippen LogP contribution < -0.4 is 5.32 Å². The summed E-state index contributed by atoms with van der Waals surface area (Å²) in [5.74, 6) is 0.902. The van der Waals surface area contributed by atoms with Crippen LogP contribution in [-0.4, -0.2) is 36.4 Å². The lowest BCUT2D eigenvalue weighted by Crippen LogP contribution is -2.45. The minimum absolute atomic E-state index is 0.108. The quantitative estimate of drug-likeness (QED) is 0.777. The average Bonchev–Trinajstić information content (AvgIpc) is 2.74. The first-order valence-electron chi connectivity index (χ1n) is 6.67. The van der Waals surface area contributed by atoms with Gasteiger partial charge in [-0.1, -0.05) is 19.8 Å². The Kier molecular flexibility index (Phi) is 4.05. The van der Waals surface area contributed by atoms with Crippen molar-refractivity contribution >= 4 is 5.91 Å². The monoisotopic (exact) mass is 241 g/mol. The standard InChI is InChI=1S/C13H23NO3/c1-10-3-2-4-11(7-10)12(15)14-8-13(16)5-6-17-9-13/h10-11,16H,2-9H2,1H3,(H,14,15). The highest BCUT2D eigenvalue weighted by Gasteiger charge is 2.33. The van der Waals surface area contributed by atoms with Gasteiger partial charge in [-0.25, -0.2) is 0 Å². The van der Waals surface area contributed by atoms with Crippen LogP contribution in [0.15, 0.2) is 0 Å². The zero-order chi connectivity index (χ0) is 12.3. The van der Waals surface area contributed by atoms with Gasteiger partial charge >= 0.3 is 0 Å². The number of aliphatic hydroxyl groups is 1. The Balaban J connectivity index is 1.76. The Labute approximate surface area is 103 Å². The summed E-state index contributed by atoms with van der Waals surface area (Å²) in [6, 6.07) is 0. The Morgan fingerprint density at radius 1 is 1.53 bits per heavy atom. The fourth-order valence-corrected chi connectivity index (χ4v) is 2.80. The summed E-state index contributed by atoms with van der Waals surface area (Å²) in [7, 11) is 0. The highest BCUT2D eigenvalue weighted by atomic mass is 16.5. The molecule has 0 bridgehead atoms. The molecule has 2 aliphatic rings. The van der Waals surface area contributed by atoms with E-state index in [-0.39, 0.29) is 11.8 Å². The predicted molar refractivity (Wildman–Crippen MR) is 64.5 cm³/mol. The molecule has 1 saturated carbocycles. The van der Waals surface area contributed by atoms with Crippen molar-refractivity contribution in [2.75, 3.05) is 19.8 Å². The summed E-state index contributed by atoms with van der Waals surface area (Å²) >= 11 is 0. The summed E-state index contributed by atoms with van der Waals surface area (Å²) < 4.78 is 5.15. The van der Waals surface area contributed by atoms with Crippen LogP contribution in [0.1, 0.15) is 39.0 Å². The average molecular weight is 241 g/mol. The molecule has 4 nitrogen and oxygen atoms in total. The lowest BCUT2D eigenvalue weighted by atomic mass is 9.82. The molecule has 0 radical (unpaired) electrons. The first kappa shape index (κ1) is 12.8. The van der Waals surface area contributed by atoms with Gasteiger partial charge in [0.05, 0.1) is 6.61 Å². The molecular weight excluding hydrogens is 218 g/mol. The molecule has 1 aliphatic heterocycles. The van der Waals surface area contributed by atoms with Crippen LogP contribution >= 0.6 is 0 Å². The van der Waals surface area contributed by atoms with E-state index in [9.17, 15) is 9.90 Å². The highest BCUT2D eigenvalue weighted by molar-refractivity contribution is 5.78. The fraction of sp³-hybridized carbons (Fsp3) is 0.923. The number of carbonyl (C=O) groups excluding carboxylic acids is 1. The Bertz CT molecular complexity index is 274. The minimum atomic E-state index is -0.837. The molecule has 0 aromatic rings. The van der Waals surface area contributed by atoms with E-state index in [0.29, 0.717) is 32.1 Å². The second kappa shape index (κ2) is 5.36. The molecule has 4 heteroatoms. The second-order valence-electron chi connectivity index (χ2n) is 5.71. The third-order valence-corrected chi connectivity index (χ3v) is 3.98. The lowest BCUT2D eigenvalue weighted by Gasteiger charge is -2.27. The van der Waals surface area contributed by atoms with Gasteiger partial charge < -0.3 is 15.2 Å². The molecule has 1 heterocycles. The van der Waals surface area contributed by atoms with Gasteiger partial charge in [0, 0.05) is 25.5 Å². The van der Waals surface area contributed by atoms with E-state index >= 15 is 0 Å². The molecule has 0 aromatic carbocycles. The van der Waals surface area contributed by atoms with Crippen molar-refractivity contribution in [3.05, 3.63) is 0 Å². The number of hydrogen-bond donors (Lipinski definition) is 2.